The summed E-state index contributed by atoms with van der Waals surface area (Å²) in [7, 11) is -0.699. The van der Waals surface area contributed by atoms with Crippen LogP contribution < -0.4 is 0 Å². The van der Waals surface area contributed by atoms with Gasteiger partial charge < -0.3 is 4.43 Å². The monoisotopic (exact) mass is 247 g/mol. The first-order valence-electron chi connectivity index (χ1n) is 6.44. The summed E-state index contributed by atoms with van der Waals surface area (Å²) < 4.78 is 6.49. The molecule has 0 aliphatic heterocycles. The highest BCUT2D eigenvalue weighted by atomic mass is 28.3. The van der Waals surface area contributed by atoms with Gasteiger partial charge in [-0.3, -0.25) is 0 Å². The summed E-state index contributed by atoms with van der Waals surface area (Å²) >= 11 is 0. The van der Waals surface area contributed by atoms with E-state index in [1.54, 1.807) is 0 Å². The average Bonchev–Trinajstić information content (AvgIpc) is 2.57. The van der Waals surface area contributed by atoms with Gasteiger partial charge >= 0.3 is 0 Å². The van der Waals surface area contributed by atoms with Crippen LogP contribution in [0.3, 0.4) is 0 Å². The van der Waals surface area contributed by atoms with E-state index in [1.165, 1.54) is 11.1 Å². The molecule has 1 unspecified atom stereocenters. The summed E-state index contributed by atoms with van der Waals surface area (Å²) in [5, 5.41) is 0. The van der Waals surface area contributed by atoms with Crippen LogP contribution >= 0.6 is 0 Å². The average molecular weight is 247 g/mol. The second kappa shape index (κ2) is 4.25. The van der Waals surface area contributed by atoms with Crippen molar-refractivity contribution >= 4 is 9.04 Å². The molecule has 1 atom stereocenters. The highest BCUT2D eigenvalue weighted by Gasteiger charge is 2.48. The number of fused-ring (bicyclic) bond motifs is 1. The molecule has 1 aromatic carbocycles. The van der Waals surface area contributed by atoms with Gasteiger partial charge in [0.15, 0.2) is 0 Å². The lowest BCUT2D eigenvalue weighted by Gasteiger charge is -2.44. The van der Waals surface area contributed by atoms with Gasteiger partial charge in [-0.2, -0.15) is 0 Å². The third kappa shape index (κ3) is 2.09. The fourth-order valence-corrected chi connectivity index (χ4v) is 4.18. The van der Waals surface area contributed by atoms with Gasteiger partial charge in [-0.25, -0.2) is 0 Å². The first kappa shape index (κ1) is 12.8. The van der Waals surface area contributed by atoms with E-state index >= 15 is 0 Å². The van der Waals surface area contributed by atoms with E-state index < -0.39 is 9.04 Å². The minimum absolute atomic E-state index is 0.0681. The number of hydrogen-bond donors (Lipinski definition) is 0. The summed E-state index contributed by atoms with van der Waals surface area (Å²) in [6, 6.07) is 8.80. The van der Waals surface area contributed by atoms with Crippen LogP contribution in [-0.4, -0.2) is 9.04 Å². The molecule has 0 N–H and O–H groups in total. The molecule has 0 saturated heterocycles. The zero-order chi connectivity index (χ0) is 12.7. The quantitative estimate of drug-likeness (QED) is 0.714. The molecule has 0 spiro atoms. The standard InChI is InChI=1S/C15H23OSi/c1-14(2,3)15(16-17(4)5)11-10-12-8-6-7-9-13(12)15/h6-9H,10-11H2,1-5H3. The lowest BCUT2D eigenvalue weighted by Crippen LogP contribution is -2.43. The van der Waals surface area contributed by atoms with E-state index in [0.717, 1.165) is 12.8 Å². The van der Waals surface area contributed by atoms with Crippen molar-refractivity contribution in [2.45, 2.75) is 52.3 Å². The zero-order valence-electron chi connectivity index (χ0n) is 11.6. The van der Waals surface area contributed by atoms with Crippen molar-refractivity contribution in [2.24, 2.45) is 5.41 Å². The normalized spacial score (nSPS) is 24.1. The smallest absolute Gasteiger partial charge is 0.206 e. The fraction of sp³-hybridized carbons (Fsp3) is 0.600. The van der Waals surface area contributed by atoms with E-state index in [1.807, 2.05) is 0 Å². The Morgan fingerprint density at radius 3 is 2.41 bits per heavy atom. The number of hydrogen-bond acceptors (Lipinski definition) is 1. The van der Waals surface area contributed by atoms with Crippen LogP contribution in [-0.2, 0) is 16.4 Å². The van der Waals surface area contributed by atoms with Gasteiger partial charge in [0.1, 0.15) is 0 Å². The largest absolute Gasteiger partial charge is 0.407 e. The fourth-order valence-electron chi connectivity index (χ4n) is 2.96. The van der Waals surface area contributed by atoms with Crippen LogP contribution in [0.4, 0.5) is 0 Å². The van der Waals surface area contributed by atoms with Gasteiger partial charge in [0.2, 0.25) is 9.04 Å². The third-order valence-corrected chi connectivity index (χ3v) is 4.55. The first-order valence-corrected chi connectivity index (χ1v) is 8.85. The SMILES string of the molecule is C[Si](C)OC1(C(C)(C)C)CCc2ccccc21. The Bertz CT molecular complexity index is 406. The molecule has 1 aliphatic carbocycles. The zero-order valence-corrected chi connectivity index (χ0v) is 12.6. The van der Waals surface area contributed by atoms with E-state index in [4.69, 9.17) is 4.43 Å². The molecule has 2 rings (SSSR count). The predicted octanol–water partition coefficient (Wildman–Crippen LogP) is 4.14. The molecule has 1 radical (unpaired) electrons. The Morgan fingerprint density at radius 1 is 1.18 bits per heavy atom. The van der Waals surface area contributed by atoms with Crippen molar-refractivity contribution in [3.05, 3.63) is 35.4 Å². The van der Waals surface area contributed by atoms with Crippen LogP contribution in [0.5, 0.6) is 0 Å². The summed E-state index contributed by atoms with van der Waals surface area (Å²) in [6.45, 7) is 11.4. The molecule has 0 saturated carbocycles. The van der Waals surface area contributed by atoms with Crippen molar-refractivity contribution in [2.75, 3.05) is 0 Å². The highest BCUT2D eigenvalue weighted by molar-refractivity contribution is 6.48. The molecule has 1 aliphatic rings. The van der Waals surface area contributed by atoms with E-state index in [9.17, 15) is 0 Å². The lowest BCUT2D eigenvalue weighted by molar-refractivity contribution is -0.0394. The summed E-state index contributed by atoms with van der Waals surface area (Å²) in [5.41, 5.74) is 2.99. The number of rotatable bonds is 2. The maximum absolute atomic E-state index is 6.49. The Balaban J connectivity index is 2.51. The Labute approximate surface area is 107 Å². The topological polar surface area (TPSA) is 9.23 Å². The van der Waals surface area contributed by atoms with Crippen LogP contribution in [0.25, 0.3) is 0 Å². The Kier molecular flexibility index (Phi) is 3.21. The molecular formula is C15H23OSi. The van der Waals surface area contributed by atoms with Gasteiger partial charge in [0, 0.05) is 0 Å². The van der Waals surface area contributed by atoms with Gasteiger partial charge in [-0.15, -0.1) is 0 Å². The van der Waals surface area contributed by atoms with Gasteiger partial charge in [0.05, 0.1) is 5.60 Å². The van der Waals surface area contributed by atoms with Gasteiger partial charge in [0.25, 0.3) is 0 Å². The lowest BCUT2D eigenvalue weighted by atomic mass is 9.73. The van der Waals surface area contributed by atoms with Crippen molar-refractivity contribution in [1.82, 2.24) is 0 Å². The van der Waals surface area contributed by atoms with Crippen LogP contribution in [0.15, 0.2) is 24.3 Å². The third-order valence-electron chi connectivity index (χ3n) is 3.79. The molecule has 1 aromatic rings. The molecule has 0 fully saturated rings. The van der Waals surface area contributed by atoms with E-state index in [0.29, 0.717) is 0 Å². The van der Waals surface area contributed by atoms with Crippen LogP contribution in [0, 0.1) is 5.41 Å². The Hall–Kier alpha value is -0.603. The molecular weight excluding hydrogens is 224 g/mol. The van der Waals surface area contributed by atoms with Crippen molar-refractivity contribution in [3.63, 3.8) is 0 Å². The molecule has 0 amide bonds. The van der Waals surface area contributed by atoms with E-state index in [2.05, 4.69) is 58.1 Å². The second-order valence-electron chi connectivity index (χ2n) is 6.24. The number of aryl methyl sites for hydroxylation is 1. The summed E-state index contributed by atoms with van der Waals surface area (Å²) in [6.07, 6.45) is 2.29. The Morgan fingerprint density at radius 2 is 1.82 bits per heavy atom. The van der Waals surface area contributed by atoms with Gasteiger partial charge in [-0.05, 0) is 42.5 Å². The first-order chi connectivity index (χ1) is 7.87. The molecule has 93 valence electrons. The van der Waals surface area contributed by atoms with Crippen molar-refractivity contribution < 1.29 is 4.43 Å². The molecule has 1 nitrogen and oxygen atoms in total. The highest BCUT2D eigenvalue weighted by Crippen LogP contribution is 2.51. The molecule has 0 aromatic heterocycles. The van der Waals surface area contributed by atoms with Crippen LogP contribution in [0.2, 0.25) is 13.1 Å². The maximum Gasteiger partial charge on any atom is 0.206 e. The molecule has 17 heavy (non-hydrogen) atoms. The van der Waals surface area contributed by atoms with E-state index in [-0.39, 0.29) is 11.0 Å². The maximum atomic E-state index is 6.49. The minimum atomic E-state index is -0.699. The molecule has 0 heterocycles. The predicted molar refractivity (Wildman–Crippen MR) is 74.5 cm³/mol. The second-order valence-corrected chi connectivity index (χ2v) is 8.27. The van der Waals surface area contributed by atoms with Crippen molar-refractivity contribution in [1.29, 1.82) is 0 Å². The summed E-state index contributed by atoms with van der Waals surface area (Å²) in [4.78, 5) is 0. The molecule has 0 bridgehead atoms. The number of benzene rings is 1. The minimum Gasteiger partial charge on any atom is -0.407 e. The summed E-state index contributed by atoms with van der Waals surface area (Å²) in [5.74, 6) is 0. The molecule has 2 heteroatoms. The van der Waals surface area contributed by atoms with Crippen LogP contribution in [0.1, 0.15) is 38.3 Å². The van der Waals surface area contributed by atoms with Gasteiger partial charge in [-0.1, -0.05) is 45.0 Å². The van der Waals surface area contributed by atoms with Crippen molar-refractivity contribution in [3.8, 4) is 0 Å².